The average molecular weight is 285 g/mol. The summed E-state index contributed by atoms with van der Waals surface area (Å²) in [5.74, 6) is 0. The number of nitrogens with zero attached hydrogens (tertiary/aromatic N) is 2. The highest BCUT2D eigenvalue weighted by Crippen LogP contribution is 2.30. The number of fused-ring (bicyclic) bond motifs is 2. The fraction of sp³-hybridized carbons (Fsp3) is 0.556. The van der Waals surface area contributed by atoms with E-state index in [0.717, 1.165) is 32.6 Å². The van der Waals surface area contributed by atoms with E-state index in [1.54, 1.807) is 0 Å². The molecule has 1 aromatic carbocycles. The minimum absolute atomic E-state index is 0.529. The molecule has 0 saturated heterocycles. The summed E-state index contributed by atoms with van der Waals surface area (Å²) in [4.78, 5) is 2.50. The van der Waals surface area contributed by atoms with Gasteiger partial charge in [-0.3, -0.25) is 4.90 Å². The maximum atomic E-state index is 3.52. The average Bonchev–Trinajstić information content (AvgIpc) is 2.99. The van der Waals surface area contributed by atoms with Gasteiger partial charge in [0.15, 0.2) is 0 Å². The second-order valence-corrected chi connectivity index (χ2v) is 6.37. The lowest BCUT2D eigenvalue weighted by Crippen LogP contribution is -2.27. The summed E-state index contributed by atoms with van der Waals surface area (Å²) >= 11 is 0. The molecule has 0 fully saturated rings. The lowest BCUT2D eigenvalue weighted by molar-refractivity contribution is 0.301. The van der Waals surface area contributed by atoms with Crippen LogP contribution in [0, 0.1) is 0 Å². The van der Waals surface area contributed by atoms with Gasteiger partial charge in [-0.05, 0) is 55.3 Å². The molecule has 0 aliphatic carbocycles. The van der Waals surface area contributed by atoms with E-state index in [2.05, 4.69) is 60.9 Å². The van der Waals surface area contributed by atoms with Crippen molar-refractivity contribution in [2.45, 2.75) is 46.3 Å². The molecule has 1 aliphatic rings. The standard InChI is InChI=1S/C18H27N3/c1-5-19-13(3)7-16-10-20(4)18-9-15-12-21(6-2)11-14(15)8-17(16)18/h8-10,13,19H,5-7,11-12H2,1-4H3. The van der Waals surface area contributed by atoms with Crippen molar-refractivity contribution in [1.29, 1.82) is 0 Å². The van der Waals surface area contributed by atoms with Crippen LogP contribution in [0.1, 0.15) is 37.5 Å². The van der Waals surface area contributed by atoms with Crippen molar-refractivity contribution in [3.63, 3.8) is 0 Å². The van der Waals surface area contributed by atoms with Crippen LogP contribution in [-0.4, -0.2) is 28.6 Å². The van der Waals surface area contributed by atoms with Crippen molar-refractivity contribution in [2.24, 2.45) is 7.05 Å². The lowest BCUT2D eigenvalue weighted by Gasteiger charge is -2.11. The Hall–Kier alpha value is -1.32. The van der Waals surface area contributed by atoms with Crippen molar-refractivity contribution in [3.05, 3.63) is 35.0 Å². The van der Waals surface area contributed by atoms with Gasteiger partial charge in [-0.25, -0.2) is 0 Å². The van der Waals surface area contributed by atoms with Gasteiger partial charge in [0.05, 0.1) is 0 Å². The Morgan fingerprint density at radius 3 is 2.57 bits per heavy atom. The van der Waals surface area contributed by atoms with E-state index < -0.39 is 0 Å². The first-order valence-corrected chi connectivity index (χ1v) is 8.17. The first-order valence-electron chi connectivity index (χ1n) is 8.17. The number of nitrogens with one attached hydrogen (secondary N) is 1. The van der Waals surface area contributed by atoms with E-state index in [1.807, 2.05) is 0 Å². The van der Waals surface area contributed by atoms with E-state index in [0.29, 0.717) is 6.04 Å². The Balaban J connectivity index is 1.97. The van der Waals surface area contributed by atoms with Crippen LogP contribution in [0.25, 0.3) is 10.9 Å². The van der Waals surface area contributed by atoms with Gasteiger partial charge in [-0.2, -0.15) is 0 Å². The molecule has 1 aliphatic heterocycles. The highest BCUT2D eigenvalue weighted by Gasteiger charge is 2.20. The van der Waals surface area contributed by atoms with E-state index in [1.165, 1.54) is 27.6 Å². The summed E-state index contributed by atoms with van der Waals surface area (Å²) in [5, 5.41) is 4.96. The smallest absolute Gasteiger partial charge is 0.0484 e. The van der Waals surface area contributed by atoms with Crippen LogP contribution in [0.5, 0.6) is 0 Å². The van der Waals surface area contributed by atoms with E-state index in [9.17, 15) is 0 Å². The maximum absolute atomic E-state index is 3.52. The molecule has 0 radical (unpaired) electrons. The summed E-state index contributed by atoms with van der Waals surface area (Å²) < 4.78 is 2.29. The van der Waals surface area contributed by atoms with Crippen LogP contribution in [0.15, 0.2) is 18.3 Å². The Labute approximate surface area is 127 Å². The summed E-state index contributed by atoms with van der Waals surface area (Å²) in [6.45, 7) is 11.1. The minimum atomic E-state index is 0.529. The quantitative estimate of drug-likeness (QED) is 0.911. The SMILES string of the molecule is CCNC(C)Cc1cn(C)c2cc3c(cc12)CN(CC)C3. The molecule has 114 valence electrons. The van der Waals surface area contributed by atoms with E-state index in [-0.39, 0.29) is 0 Å². The topological polar surface area (TPSA) is 20.2 Å². The summed E-state index contributed by atoms with van der Waals surface area (Å²) in [5.41, 5.74) is 5.88. The zero-order chi connectivity index (χ0) is 15.0. The van der Waals surface area contributed by atoms with Crippen LogP contribution in [0.2, 0.25) is 0 Å². The number of rotatable bonds is 5. The van der Waals surface area contributed by atoms with Gasteiger partial charge in [0.2, 0.25) is 0 Å². The minimum Gasteiger partial charge on any atom is -0.350 e. The number of hydrogen-bond acceptors (Lipinski definition) is 2. The Morgan fingerprint density at radius 1 is 1.19 bits per heavy atom. The summed E-state index contributed by atoms with van der Waals surface area (Å²) in [6, 6.07) is 5.37. The van der Waals surface area contributed by atoms with Gasteiger partial charge >= 0.3 is 0 Å². The third-order valence-electron chi connectivity index (χ3n) is 4.71. The molecular weight excluding hydrogens is 258 g/mol. The first kappa shape index (κ1) is 14.6. The van der Waals surface area contributed by atoms with Crippen LogP contribution < -0.4 is 5.32 Å². The Bertz CT molecular complexity index is 641. The van der Waals surface area contributed by atoms with Gasteiger partial charge < -0.3 is 9.88 Å². The summed E-state index contributed by atoms with van der Waals surface area (Å²) in [6.07, 6.45) is 3.41. The molecule has 0 spiro atoms. The third-order valence-corrected chi connectivity index (χ3v) is 4.71. The van der Waals surface area contributed by atoms with Crippen LogP contribution >= 0.6 is 0 Å². The molecule has 1 atom stereocenters. The molecule has 3 nitrogen and oxygen atoms in total. The van der Waals surface area contributed by atoms with Gasteiger partial charge in [0, 0.05) is 43.3 Å². The molecule has 1 N–H and O–H groups in total. The lowest BCUT2D eigenvalue weighted by atomic mass is 10.0. The van der Waals surface area contributed by atoms with Crippen LogP contribution in [0.3, 0.4) is 0 Å². The highest BCUT2D eigenvalue weighted by molar-refractivity contribution is 5.86. The normalized spacial score (nSPS) is 16.6. The summed E-state index contributed by atoms with van der Waals surface area (Å²) in [7, 11) is 2.17. The fourth-order valence-electron chi connectivity index (χ4n) is 3.57. The van der Waals surface area contributed by atoms with Crippen molar-refractivity contribution < 1.29 is 0 Å². The maximum Gasteiger partial charge on any atom is 0.0484 e. The molecule has 2 heterocycles. The number of likely N-dealkylation sites (N-methyl/N-ethyl adjacent to an activating group) is 1. The van der Waals surface area contributed by atoms with Crippen molar-refractivity contribution >= 4 is 10.9 Å². The van der Waals surface area contributed by atoms with Gasteiger partial charge in [-0.15, -0.1) is 0 Å². The Kier molecular flexibility index (Phi) is 4.05. The molecule has 1 unspecified atom stereocenters. The fourth-order valence-corrected chi connectivity index (χ4v) is 3.57. The zero-order valence-electron chi connectivity index (χ0n) is 13.7. The molecule has 3 heteroatoms. The molecule has 2 aromatic rings. The van der Waals surface area contributed by atoms with Gasteiger partial charge in [0.1, 0.15) is 0 Å². The van der Waals surface area contributed by atoms with Crippen molar-refractivity contribution in [2.75, 3.05) is 13.1 Å². The second-order valence-electron chi connectivity index (χ2n) is 6.37. The van der Waals surface area contributed by atoms with Gasteiger partial charge in [-0.1, -0.05) is 13.8 Å². The number of aryl methyl sites for hydroxylation is 1. The third kappa shape index (κ3) is 2.72. The number of hydrogen-bond donors (Lipinski definition) is 1. The molecule has 21 heavy (non-hydrogen) atoms. The zero-order valence-corrected chi connectivity index (χ0v) is 13.7. The number of benzene rings is 1. The number of aromatic nitrogens is 1. The predicted octanol–water partition coefficient (Wildman–Crippen LogP) is 3.05. The van der Waals surface area contributed by atoms with Crippen LogP contribution in [0.4, 0.5) is 0 Å². The van der Waals surface area contributed by atoms with E-state index in [4.69, 9.17) is 0 Å². The molecule has 3 rings (SSSR count). The van der Waals surface area contributed by atoms with Gasteiger partial charge in [0.25, 0.3) is 0 Å². The monoisotopic (exact) mass is 285 g/mol. The predicted molar refractivity (Wildman–Crippen MR) is 89.5 cm³/mol. The largest absolute Gasteiger partial charge is 0.350 e. The molecular formula is C18H27N3. The van der Waals surface area contributed by atoms with Crippen LogP contribution in [-0.2, 0) is 26.6 Å². The Morgan fingerprint density at radius 2 is 1.90 bits per heavy atom. The van der Waals surface area contributed by atoms with Crippen molar-refractivity contribution in [1.82, 2.24) is 14.8 Å². The highest BCUT2D eigenvalue weighted by atomic mass is 15.1. The second kappa shape index (κ2) is 5.82. The molecule has 0 amide bonds. The van der Waals surface area contributed by atoms with Crippen molar-refractivity contribution in [3.8, 4) is 0 Å². The molecule has 0 saturated carbocycles. The molecule has 1 aromatic heterocycles. The first-order chi connectivity index (χ1) is 10.1. The molecule has 0 bridgehead atoms. The van der Waals surface area contributed by atoms with E-state index >= 15 is 0 Å².